The fourth-order valence-corrected chi connectivity index (χ4v) is 2.62. The maximum Gasteiger partial charge on any atom is 2.00 e. The summed E-state index contributed by atoms with van der Waals surface area (Å²) in [5, 5.41) is 0. The van der Waals surface area contributed by atoms with Crippen molar-refractivity contribution in [1.82, 2.24) is 9.97 Å². The topological polar surface area (TPSA) is 25.8 Å². The molecule has 2 nitrogen and oxygen atoms in total. The van der Waals surface area contributed by atoms with Gasteiger partial charge in [0.25, 0.3) is 0 Å². The van der Waals surface area contributed by atoms with Crippen LogP contribution in [0.1, 0.15) is 11.3 Å². The van der Waals surface area contributed by atoms with Gasteiger partial charge in [0.05, 0.1) is 11.4 Å². The van der Waals surface area contributed by atoms with Gasteiger partial charge in [-0.1, -0.05) is 18.2 Å². The summed E-state index contributed by atoms with van der Waals surface area (Å²) in [7, 11) is 0. The molecule has 2 aromatic heterocycles. The Morgan fingerprint density at radius 2 is 1.50 bits per heavy atom. The first-order valence-corrected chi connectivity index (χ1v) is 7.15. The summed E-state index contributed by atoms with van der Waals surface area (Å²) in [5.74, 6) is 0. The van der Waals surface area contributed by atoms with E-state index in [1.165, 1.54) is 5.56 Å². The minimum atomic E-state index is 0. The Balaban J connectivity index is 0.00000144. The first-order valence-electron chi connectivity index (χ1n) is 7.15. The van der Waals surface area contributed by atoms with Gasteiger partial charge >= 0.3 is 21.1 Å². The maximum atomic E-state index is 4.75. The third-order valence-electron chi connectivity index (χ3n) is 3.67. The summed E-state index contributed by atoms with van der Waals surface area (Å²) >= 11 is 0. The first kappa shape index (κ1) is 15.1. The van der Waals surface area contributed by atoms with Gasteiger partial charge in [-0.15, -0.1) is 36.2 Å². The molecule has 1 aliphatic heterocycles. The zero-order valence-electron chi connectivity index (χ0n) is 11.9. The second-order valence-electron chi connectivity index (χ2n) is 5.21. The van der Waals surface area contributed by atoms with Gasteiger partial charge in [0, 0.05) is 5.69 Å². The van der Waals surface area contributed by atoms with Gasteiger partial charge < -0.3 is 6.42 Å². The van der Waals surface area contributed by atoms with Crippen molar-refractivity contribution in [3.05, 3.63) is 78.3 Å². The van der Waals surface area contributed by atoms with Gasteiger partial charge in [-0.25, -0.2) is 0 Å². The SMILES string of the molecule is [Pt+2].[c-]1c2cccc1-c1cccc(n1)-c1cccc(n1)C[CH-]C2. The molecule has 110 valence electrons. The molecule has 0 N–H and O–H groups in total. The van der Waals surface area contributed by atoms with Crippen molar-refractivity contribution in [2.75, 3.05) is 0 Å². The Labute approximate surface area is 144 Å². The number of aromatic nitrogens is 2. The van der Waals surface area contributed by atoms with Crippen LogP contribution >= 0.6 is 0 Å². The molecule has 0 saturated heterocycles. The molecular formula is C19H14N2Pt. The van der Waals surface area contributed by atoms with Crippen LogP contribution in [0, 0.1) is 12.5 Å². The Morgan fingerprint density at radius 1 is 0.773 bits per heavy atom. The van der Waals surface area contributed by atoms with Gasteiger partial charge in [-0.3, -0.25) is 9.97 Å². The van der Waals surface area contributed by atoms with Gasteiger partial charge in [0.2, 0.25) is 0 Å². The second-order valence-corrected chi connectivity index (χ2v) is 5.21. The smallest absolute Gasteiger partial charge is 0.320 e. The van der Waals surface area contributed by atoms with E-state index >= 15 is 0 Å². The molecule has 3 heteroatoms. The second kappa shape index (κ2) is 6.54. The number of rotatable bonds is 0. The van der Waals surface area contributed by atoms with E-state index in [-0.39, 0.29) is 21.1 Å². The Kier molecular flexibility index (Phi) is 4.49. The van der Waals surface area contributed by atoms with Crippen molar-refractivity contribution >= 4 is 0 Å². The van der Waals surface area contributed by atoms with Crippen molar-refractivity contribution in [1.29, 1.82) is 0 Å². The summed E-state index contributed by atoms with van der Waals surface area (Å²) < 4.78 is 0. The zero-order valence-corrected chi connectivity index (χ0v) is 14.2. The van der Waals surface area contributed by atoms with Crippen LogP contribution in [-0.2, 0) is 33.9 Å². The van der Waals surface area contributed by atoms with E-state index < -0.39 is 0 Å². The number of fused-ring (bicyclic) bond motifs is 8. The molecule has 0 atom stereocenters. The minimum absolute atomic E-state index is 0. The molecule has 0 amide bonds. The number of nitrogens with zero attached hydrogens (tertiary/aromatic N) is 2. The van der Waals surface area contributed by atoms with E-state index in [2.05, 4.69) is 42.8 Å². The normalized spacial score (nSPS) is 12.5. The number of hydrogen-bond donors (Lipinski definition) is 0. The first-order chi connectivity index (χ1) is 10.4. The van der Waals surface area contributed by atoms with E-state index in [1.54, 1.807) is 0 Å². The zero-order chi connectivity index (χ0) is 14.1. The number of benzene rings is 1. The summed E-state index contributed by atoms with van der Waals surface area (Å²) in [4.78, 5) is 9.46. The number of hydrogen-bond acceptors (Lipinski definition) is 2. The van der Waals surface area contributed by atoms with E-state index in [1.807, 2.05) is 24.3 Å². The molecule has 1 aromatic carbocycles. The van der Waals surface area contributed by atoms with Crippen molar-refractivity contribution < 1.29 is 21.1 Å². The van der Waals surface area contributed by atoms with Crippen LogP contribution in [-0.4, -0.2) is 9.97 Å². The maximum absolute atomic E-state index is 4.75. The Bertz CT molecular complexity index is 736. The van der Waals surface area contributed by atoms with Crippen LogP contribution in [0.2, 0.25) is 0 Å². The van der Waals surface area contributed by atoms with E-state index in [0.717, 1.165) is 41.2 Å². The van der Waals surface area contributed by atoms with Crippen LogP contribution in [0.25, 0.3) is 22.6 Å². The van der Waals surface area contributed by atoms with Gasteiger partial charge in [0.15, 0.2) is 0 Å². The van der Waals surface area contributed by atoms with Crippen LogP contribution < -0.4 is 0 Å². The van der Waals surface area contributed by atoms with Crippen LogP contribution in [0.3, 0.4) is 0 Å². The van der Waals surface area contributed by atoms with Crippen molar-refractivity contribution in [3.8, 4) is 22.6 Å². The predicted octanol–water partition coefficient (Wildman–Crippen LogP) is 3.91. The van der Waals surface area contributed by atoms with Crippen LogP contribution in [0.4, 0.5) is 0 Å². The molecule has 3 heterocycles. The molecular weight excluding hydrogens is 451 g/mol. The summed E-state index contributed by atoms with van der Waals surface area (Å²) in [6.45, 7) is 0. The molecule has 4 rings (SSSR count). The molecule has 22 heavy (non-hydrogen) atoms. The summed E-state index contributed by atoms with van der Waals surface area (Å²) in [5.41, 5.74) is 6.10. The third kappa shape index (κ3) is 3.03. The standard InChI is InChI=1S/C19H14N2.Pt/c1-5-14-6-2-8-16-9-3-11-18(20-16)19-12-4-10-17(21-19)15(7-1)13-14;/h1-5,7,9-12H,6,8H2;/q-2;+2. The average molecular weight is 465 g/mol. The van der Waals surface area contributed by atoms with Crippen LogP contribution in [0.15, 0.2) is 54.6 Å². The molecule has 0 fully saturated rings. The average Bonchev–Trinajstić information content (AvgIpc) is 2.55. The van der Waals surface area contributed by atoms with Crippen molar-refractivity contribution in [3.63, 3.8) is 0 Å². The molecule has 3 aromatic rings. The Morgan fingerprint density at radius 3 is 2.41 bits per heavy atom. The van der Waals surface area contributed by atoms with Gasteiger partial charge in [-0.2, -0.15) is 12.0 Å². The molecule has 0 aliphatic carbocycles. The summed E-state index contributed by atoms with van der Waals surface area (Å²) in [6, 6.07) is 21.9. The molecule has 1 aliphatic rings. The van der Waals surface area contributed by atoms with Gasteiger partial charge in [0.1, 0.15) is 0 Å². The van der Waals surface area contributed by atoms with E-state index in [4.69, 9.17) is 9.97 Å². The largest absolute Gasteiger partial charge is 2.00 e. The van der Waals surface area contributed by atoms with E-state index in [9.17, 15) is 0 Å². The summed E-state index contributed by atoms with van der Waals surface area (Å²) in [6.07, 6.45) is 4.02. The molecule has 0 radical (unpaired) electrons. The van der Waals surface area contributed by atoms with Crippen LogP contribution in [0.5, 0.6) is 0 Å². The monoisotopic (exact) mass is 465 g/mol. The minimum Gasteiger partial charge on any atom is -0.320 e. The molecule has 0 unspecified atom stereocenters. The quantitative estimate of drug-likeness (QED) is 0.471. The number of pyridine rings is 2. The van der Waals surface area contributed by atoms with Crippen molar-refractivity contribution in [2.24, 2.45) is 0 Å². The fourth-order valence-electron chi connectivity index (χ4n) is 2.62. The Hall–Kier alpha value is -1.79. The molecule has 0 spiro atoms. The van der Waals surface area contributed by atoms with E-state index in [0.29, 0.717) is 0 Å². The third-order valence-corrected chi connectivity index (χ3v) is 3.67. The fraction of sp³-hybridized carbons (Fsp3) is 0.105. The molecule has 6 bridgehead atoms. The van der Waals surface area contributed by atoms with Gasteiger partial charge in [-0.05, 0) is 23.9 Å². The molecule has 0 saturated carbocycles. The van der Waals surface area contributed by atoms with Crippen molar-refractivity contribution in [2.45, 2.75) is 12.8 Å². The predicted molar refractivity (Wildman–Crippen MR) is 83.4 cm³/mol.